The summed E-state index contributed by atoms with van der Waals surface area (Å²) in [6, 6.07) is -0.683. The largest absolute Gasteiger partial charge is 0.479 e. The number of hydrogen-bond acceptors (Lipinski definition) is 14. The molecule has 19 nitrogen and oxygen atoms in total. The van der Waals surface area contributed by atoms with Crippen molar-refractivity contribution in [3.05, 3.63) is 33.1 Å². The molecule has 2 aliphatic rings. The Morgan fingerprint density at radius 2 is 1.93 bits per heavy atom. The van der Waals surface area contributed by atoms with Gasteiger partial charge in [-0.25, -0.2) is 9.59 Å². The average Bonchev–Trinajstić information content (AvgIpc) is 3.15. The molecule has 2 fully saturated rings. The standard InChI is InChI=1S/C20H30N3O16P/c1-7(25)21-12-8(26)4-20(18(32)33,39-16(12)13(29)9(27)5-24)40(35,36)37-6-10-14(30)15(31)17(38-10)23-3-2-11(28)22-19(23)34/h2-3,8-10,12-17,24,26-27,29-31H,4-6H2,1H3,(H,21,25)(H,32,33)(H,35,36)(H,22,28,34)/t8-,9+,10+,12+,13+,14+,15+,16+,17+,20-/m0/s1. The maximum absolute atomic E-state index is 13.3. The van der Waals surface area contributed by atoms with Crippen LogP contribution in [-0.2, 0) is 28.2 Å². The number of carboxylic acids is 1. The number of nitrogens with one attached hydrogen (secondary N) is 2. The second-order valence-electron chi connectivity index (χ2n) is 9.29. The zero-order valence-corrected chi connectivity index (χ0v) is 21.6. The minimum absolute atomic E-state index is 0.716. The van der Waals surface area contributed by atoms with Gasteiger partial charge in [0.15, 0.2) is 6.23 Å². The van der Waals surface area contributed by atoms with Crippen molar-refractivity contribution < 1.29 is 68.8 Å². The predicted octanol–water partition coefficient (Wildman–Crippen LogP) is -5.49. The van der Waals surface area contributed by atoms with Gasteiger partial charge in [0, 0.05) is 25.6 Å². The first kappa shape index (κ1) is 32.0. The number of aromatic nitrogens is 2. The predicted molar refractivity (Wildman–Crippen MR) is 126 cm³/mol. The summed E-state index contributed by atoms with van der Waals surface area (Å²) in [6.45, 7) is -1.14. The van der Waals surface area contributed by atoms with Crippen molar-refractivity contribution in [2.24, 2.45) is 0 Å². The number of amides is 1. The summed E-state index contributed by atoms with van der Waals surface area (Å²) in [7, 11) is -5.61. The molecule has 226 valence electrons. The van der Waals surface area contributed by atoms with Crippen LogP contribution in [0.4, 0.5) is 0 Å². The molecule has 2 aliphatic heterocycles. The third-order valence-corrected chi connectivity index (χ3v) is 8.43. The fourth-order valence-corrected chi connectivity index (χ4v) is 5.91. The molecule has 1 aromatic rings. The SMILES string of the molecule is CC(=O)N[C@H]1[C@H]([C@H](O)[C@H](O)CO)O[C@](C(=O)O)(P(=O)(O)OC[C@H]2O[C@@H](n3ccc(=O)[nH]c3=O)[C@H](O)[C@@H]2O)C[C@@H]1O. The van der Waals surface area contributed by atoms with Crippen molar-refractivity contribution in [2.75, 3.05) is 13.2 Å². The molecule has 1 aromatic heterocycles. The molecule has 10 N–H and O–H groups in total. The van der Waals surface area contributed by atoms with Crippen molar-refractivity contribution in [1.82, 2.24) is 14.9 Å². The Morgan fingerprint density at radius 1 is 1.27 bits per heavy atom. The van der Waals surface area contributed by atoms with Gasteiger partial charge in [0.05, 0.1) is 25.4 Å². The van der Waals surface area contributed by atoms with Crippen molar-refractivity contribution in [1.29, 1.82) is 0 Å². The molecule has 20 heteroatoms. The Morgan fingerprint density at radius 3 is 2.48 bits per heavy atom. The van der Waals surface area contributed by atoms with Crippen molar-refractivity contribution in [3.63, 3.8) is 0 Å². The van der Waals surface area contributed by atoms with Gasteiger partial charge < -0.3 is 60.0 Å². The smallest absolute Gasteiger partial charge is 0.371 e. The van der Waals surface area contributed by atoms with Gasteiger partial charge >= 0.3 is 19.3 Å². The van der Waals surface area contributed by atoms with E-state index in [2.05, 4.69) is 5.32 Å². The Hall–Kier alpha value is -2.55. The van der Waals surface area contributed by atoms with E-state index in [0.29, 0.717) is 4.57 Å². The lowest BCUT2D eigenvalue weighted by Crippen LogP contribution is -2.67. The molecule has 0 aliphatic carbocycles. The maximum Gasteiger partial charge on any atom is 0.371 e. The van der Waals surface area contributed by atoms with E-state index in [4.69, 9.17) is 14.0 Å². The fourth-order valence-electron chi connectivity index (χ4n) is 4.44. The van der Waals surface area contributed by atoms with Crippen LogP contribution in [0.25, 0.3) is 0 Å². The molecule has 1 unspecified atom stereocenters. The number of ether oxygens (including phenoxy) is 2. The van der Waals surface area contributed by atoms with Gasteiger partial charge in [-0.15, -0.1) is 0 Å². The first-order valence-electron chi connectivity index (χ1n) is 11.7. The summed E-state index contributed by atoms with van der Waals surface area (Å²) in [5.41, 5.74) is -1.78. The van der Waals surface area contributed by atoms with Gasteiger partial charge in [-0.1, -0.05) is 0 Å². The number of carbonyl (C=O) groups is 2. The van der Waals surface area contributed by atoms with E-state index in [1.54, 1.807) is 0 Å². The molecular formula is C20H30N3O16P. The molecule has 0 spiro atoms. The first-order valence-corrected chi connectivity index (χ1v) is 13.3. The van der Waals surface area contributed by atoms with E-state index in [1.807, 2.05) is 4.98 Å². The van der Waals surface area contributed by atoms with Gasteiger partial charge in [-0.05, 0) is 0 Å². The van der Waals surface area contributed by atoms with E-state index in [-0.39, 0.29) is 0 Å². The molecule has 0 radical (unpaired) electrons. The summed E-state index contributed by atoms with van der Waals surface area (Å²) in [5.74, 6) is -2.93. The van der Waals surface area contributed by atoms with Crippen LogP contribution in [0.2, 0.25) is 0 Å². The molecule has 40 heavy (non-hydrogen) atoms. The highest BCUT2D eigenvalue weighted by Crippen LogP contribution is 2.61. The third kappa shape index (κ3) is 6.04. The van der Waals surface area contributed by atoms with Gasteiger partial charge in [0.25, 0.3) is 10.9 Å². The molecule has 0 saturated carbocycles. The lowest BCUT2D eigenvalue weighted by molar-refractivity contribution is -0.212. The number of hydrogen-bond donors (Lipinski definition) is 10. The van der Waals surface area contributed by atoms with Gasteiger partial charge in [-0.3, -0.25) is 23.7 Å². The van der Waals surface area contributed by atoms with E-state index in [9.17, 15) is 64.4 Å². The third-order valence-electron chi connectivity index (χ3n) is 6.54. The van der Waals surface area contributed by atoms with Crippen molar-refractivity contribution in [2.45, 2.75) is 73.7 Å². The van der Waals surface area contributed by atoms with Gasteiger partial charge in [0.2, 0.25) is 5.91 Å². The zero-order chi connectivity index (χ0) is 30.2. The van der Waals surface area contributed by atoms with E-state index in [0.717, 1.165) is 19.2 Å². The van der Waals surface area contributed by atoms with Crippen LogP contribution in [-0.4, -0.2) is 129 Å². The lowest BCUT2D eigenvalue weighted by Gasteiger charge is -2.47. The first-order chi connectivity index (χ1) is 18.6. The van der Waals surface area contributed by atoms with E-state index >= 15 is 0 Å². The molecular weight excluding hydrogens is 569 g/mol. The van der Waals surface area contributed by atoms with Crippen LogP contribution in [0.5, 0.6) is 0 Å². The summed E-state index contributed by atoms with van der Waals surface area (Å²) >= 11 is 0. The number of aliphatic hydroxyl groups is 6. The van der Waals surface area contributed by atoms with Crippen LogP contribution < -0.4 is 16.6 Å². The van der Waals surface area contributed by atoms with Crippen molar-refractivity contribution in [3.8, 4) is 0 Å². The average molecular weight is 599 g/mol. The molecule has 11 atom stereocenters. The summed E-state index contributed by atoms with van der Waals surface area (Å²) in [6.07, 6.45) is -15.3. The summed E-state index contributed by atoms with van der Waals surface area (Å²) < 4.78 is 29.6. The summed E-state index contributed by atoms with van der Waals surface area (Å²) in [4.78, 5) is 59.9. The number of rotatable bonds is 10. The minimum atomic E-state index is -5.61. The molecule has 0 aromatic carbocycles. The minimum Gasteiger partial charge on any atom is -0.479 e. The monoisotopic (exact) mass is 599 g/mol. The molecule has 3 heterocycles. The molecule has 0 bridgehead atoms. The van der Waals surface area contributed by atoms with Crippen LogP contribution in [0.3, 0.4) is 0 Å². The van der Waals surface area contributed by atoms with Crippen LogP contribution >= 0.6 is 7.60 Å². The Bertz CT molecular complexity index is 1250. The van der Waals surface area contributed by atoms with Gasteiger partial charge in [0.1, 0.15) is 36.6 Å². The van der Waals surface area contributed by atoms with Crippen molar-refractivity contribution >= 4 is 19.5 Å². The Balaban J connectivity index is 1.87. The van der Waals surface area contributed by atoms with Crippen LogP contribution in [0.15, 0.2) is 21.9 Å². The van der Waals surface area contributed by atoms with Gasteiger partial charge in [-0.2, -0.15) is 0 Å². The maximum atomic E-state index is 13.3. The molecule has 2 saturated heterocycles. The lowest BCUT2D eigenvalue weighted by atomic mass is 9.89. The van der Waals surface area contributed by atoms with E-state index < -0.39 is 111 Å². The highest BCUT2D eigenvalue weighted by molar-refractivity contribution is 7.55. The number of aromatic amines is 1. The van der Waals surface area contributed by atoms with Crippen LogP contribution in [0.1, 0.15) is 19.6 Å². The highest BCUT2D eigenvalue weighted by Gasteiger charge is 2.65. The quantitative estimate of drug-likeness (QED) is 0.112. The molecule has 3 rings (SSSR count). The number of aliphatic hydroxyl groups excluding tert-OH is 6. The van der Waals surface area contributed by atoms with E-state index in [1.165, 1.54) is 0 Å². The second-order valence-corrected chi connectivity index (χ2v) is 11.3. The normalized spacial score (nSPS) is 35.5. The highest BCUT2D eigenvalue weighted by atomic mass is 31.2. The summed E-state index contributed by atoms with van der Waals surface area (Å²) in [5, 5.41) is 69.6. The number of aliphatic carboxylic acids is 1. The topological polar surface area (TPSA) is 308 Å². The number of carbonyl (C=O) groups excluding carboxylic acids is 1. The number of H-pyrrole nitrogens is 1. The number of carboxylic acid groups (broad SMARTS) is 1. The van der Waals surface area contributed by atoms with Crippen LogP contribution in [0, 0.1) is 0 Å². The Kier molecular flexibility index (Phi) is 9.70. The second kappa shape index (κ2) is 12.1. The Labute approximate surface area is 223 Å². The zero-order valence-electron chi connectivity index (χ0n) is 20.7. The fraction of sp³-hybridized carbons (Fsp3) is 0.700. The number of nitrogens with zero attached hydrogens (tertiary/aromatic N) is 1. The molecule has 1 amide bonds.